The van der Waals surface area contributed by atoms with E-state index >= 15 is 0 Å². The number of benzene rings is 4. The molecule has 0 saturated heterocycles. The van der Waals surface area contributed by atoms with E-state index in [1.54, 1.807) is 6.07 Å². The third kappa shape index (κ3) is 4.65. The number of fused-ring (bicyclic) bond motifs is 2. The Morgan fingerprint density at radius 2 is 1.65 bits per heavy atom. The minimum absolute atomic E-state index is 0.101. The maximum atomic E-state index is 14.1. The molecule has 1 aromatic heterocycles. The van der Waals surface area contributed by atoms with Crippen molar-refractivity contribution in [3.8, 4) is 16.9 Å². The van der Waals surface area contributed by atoms with E-state index < -0.39 is 17.7 Å². The number of aromatic nitrogens is 1. The lowest BCUT2D eigenvalue weighted by Gasteiger charge is -2.14. The molecule has 37 heavy (non-hydrogen) atoms. The number of aromatic carboxylic acids is 1. The van der Waals surface area contributed by atoms with Crippen molar-refractivity contribution in [3.63, 3.8) is 0 Å². The fourth-order valence-electron chi connectivity index (χ4n) is 4.89. The summed E-state index contributed by atoms with van der Waals surface area (Å²) >= 11 is 0. The smallest absolute Gasteiger partial charge is 0.417 e. The lowest BCUT2D eigenvalue weighted by Crippen LogP contribution is -2.08. The summed E-state index contributed by atoms with van der Waals surface area (Å²) in [5, 5.41) is 11.7. The third-order valence-electron chi connectivity index (χ3n) is 6.59. The highest BCUT2D eigenvalue weighted by molar-refractivity contribution is 6.05. The van der Waals surface area contributed by atoms with Crippen LogP contribution < -0.4 is 4.74 Å². The summed E-state index contributed by atoms with van der Waals surface area (Å²) in [5.74, 6) is -0.627. The summed E-state index contributed by atoms with van der Waals surface area (Å²) < 4.78 is 48.2. The van der Waals surface area contributed by atoms with Crippen molar-refractivity contribution in [2.45, 2.75) is 25.9 Å². The number of halogens is 3. The van der Waals surface area contributed by atoms with E-state index in [2.05, 4.69) is 4.98 Å². The first-order valence-corrected chi connectivity index (χ1v) is 11.9. The predicted octanol–water partition coefficient (Wildman–Crippen LogP) is 8.03. The van der Waals surface area contributed by atoms with Gasteiger partial charge in [0, 0.05) is 16.3 Å². The molecule has 2 N–H and O–H groups in total. The fourth-order valence-corrected chi connectivity index (χ4v) is 4.89. The second-order valence-electron chi connectivity index (χ2n) is 8.94. The van der Waals surface area contributed by atoms with Crippen LogP contribution in [0.4, 0.5) is 13.2 Å². The number of rotatable bonds is 7. The summed E-state index contributed by atoms with van der Waals surface area (Å²) in [4.78, 5) is 14.9. The second-order valence-corrected chi connectivity index (χ2v) is 8.94. The zero-order chi connectivity index (χ0) is 26.2. The standard InChI is InChI=1S/C30H24F3NO3/c1-18-8-2-4-11-20(18)22-15-16-24(30(31,32)33)26-23(28(29(35)36)34-27(22)26)13-7-17-37-25-14-6-10-19-9-3-5-12-21(19)25/h2-6,8-12,14-16,34H,7,13,17H2,1H3,(H,35,36). The zero-order valence-electron chi connectivity index (χ0n) is 20.0. The molecule has 0 fully saturated rings. The van der Waals surface area contributed by atoms with Crippen LogP contribution in [0.5, 0.6) is 5.75 Å². The number of H-pyrrole nitrogens is 1. The molecule has 188 valence electrons. The van der Waals surface area contributed by atoms with Gasteiger partial charge in [-0.05, 0) is 54.0 Å². The maximum Gasteiger partial charge on any atom is 0.417 e. The van der Waals surface area contributed by atoms with E-state index in [0.717, 1.165) is 28.0 Å². The molecule has 0 aliphatic heterocycles. The molecule has 0 saturated carbocycles. The van der Waals surface area contributed by atoms with E-state index in [-0.39, 0.29) is 35.2 Å². The summed E-state index contributed by atoms with van der Waals surface area (Å²) in [5.41, 5.74) is 1.37. The SMILES string of the molecule is Cc1ccccc1-c1ccc(C(F)(F)F)c2c(CCCOc3cccc4ccccc34)c(C(=O)O)[nH]c12. The molecule has 0 bridgehead atoms. The molecule has 0 atom stereocenters. The van der Waals surface area contributed by atoms with Crippen molar-refractivity contribution in [3.05, 3.63) is 101 Å². The van der Waals surface area contributed by atoms with Crippen molar-refractivity contribution in [1.82, 2.24) is 4.98 Å². The molecule has 4 nitrogen and oxygen atoms in total. The molecule has 0 amide bonds. The van der Waals surface area contributed by atoms with E-state index in [1.807, 2.05) is 67.6 Å². The molecule has 4 aromatic carbocycles. The van der Waals surface area contributed by atoms with Gasteiger partial charge in [-0.1, -0.05) is 66.7 Å². The van der Waals surface area contributed by atoms with E-state index in [0.29, 0.717) is 17.7 Å². The summed E-state index contributed by atoms with van der Waals surface area (Å²) in [6, 6.07) is 23.2. The number of carbonyl (C=O) groups is 1. The second kappa shape index (κ2) is 9.65. The van der Waals surface area contributed by atoms with Crippen LogP contribution in [0.1, 0.15) is 33.6 Å². The minimum atomic E-state index is -4.64. The molecule has 0 radical (unpaired) electrons. The van der Waals surface area contributed by atoms with Crippen molar-refractivity contribution < 1.29 is 27.8 Å². The Morgan fingerprint density at radius 3 is 2.41 bits per heavy atom. The quantitative estimate of drug-likeness (QED) is 0.221. The van der Waals surface area contributed by atoms with Crippen molar-refractivity contribution in [2.24, 2.45) is 0 Å². The largest absolute Gasteiger partial charge is 0.493 e. The number of hydrogen-bond donors (Lipinski definition) is 2. The highest BCUT2D eigenvalue weighted by Gasteiger charge is 2.36. The van der Waals surface area contributed by atoms with Gasteiger partial charge < -0.3 is 14.8 Å². The normalized spacial score (nSPS) is 11.8. The average Bonchev–Trinajstić information content (AvgIpc) is 3.26. The van der Waals surface area contributed by atoms with E-state index in [4.69, 9.17) is 4.74 Å². The number of carboxylic acids is 1. The van der Waals surface area contributed by atoms with Crippen molar-refractivity contribution >= 4 is 27.6 Å². The fraction of sp³-hybridized carbons (Fsp3) is 0.167. The Kier molecular flexibility index (Phi) is 6.38. The van der Waals surface area contributed by atoms with Crippen LogP contribution in [0.25, 0.3) is 32.8 Å². The number of ether oxygens (including phenoxy) is 1. The maximum absolute atomic E-state index is 14.1. The number of carboxylic acid groups (broad SMARTS) is 1. The van der Waals surface area contributed by atoms with Crippen LogP contribution in [-0.2, 0) is 12.6 Å². The zero-order valence-corrected chi connectivity index (χ0v) is 20.0. The summed E-state index contributed by atoms with van der Waals surface area (Å²) in [7, 11) is 0. The molecule has 5 aromatic rings. The highest BCUT2D eigenvalue weighted by Crippen LogP contribution is 2.42. The van der Waals surface area contributed by atoms with Crippen LogP contribution >= 0.6 is 0 Å². The Hall–Kier alpha value is -4.26. The van der Waals surface area contributed by atoms with Crippen LogP contribution in [-0.4, -0.2) is 22.7 Å². The van der Waals surface area contributed by atoms with Gasteiger partial charge in [0.25, 0.3) is 0 Å². The van der Waals surface area contributed by atoms with Crippen LogP contribution in [0.3, 0.4) is 0 Å². The molecule has 7 heteroatoms. The molecule has 5 rings (SSSR count). The van der Waals surface area contributed by atoms with Gasteiger partial charge in [0.2, 0.25) is 0 Å². The third-order valence-corrected chi connectivity index (χ3v) is 6.59. The topological polar surface area (TPSA) is 62.3 Å². The monoisotopic (exact) mass is 503 g/mol. The number of nitrogens with one attached hydrogen (secondary N) is 1. The van der Waals surface area contributed by atoms with Gasteiger partial charge in [-0.3, -0.25) is 0 Å². The van der Waals surface area contributed by atoms with Gasteiger partial charge in [0.1, 0.15) is 11.4 Å². The lowest BCUT2D eigenvalue weighted by molar-refractivity contribution is -0.136. The first-order valence-electron chi connectivity index (χ1n) is 11.9. The van der Waals surface area contributed by atoms with Crippen LogP contribution in [0.2, 0.25) is 0 Å². The van der Waals surface area contributed by atoms with Crippen LogP contribution in [0.15, 0.2) is 78.9 Å². The van der Waals surface area contributed by atoms with Gasteiger partial charge in [0.05, 0.1) is 17.7 Å². The molecule has 0 spiro atoms. The Morgan fingerprint density at radius 1 is 0.919 bits per heavy atom. The Bertz CT molecular complexity index is 1610. The predicted molar refractivity (Wildman–Crippen MR) is 138 cm³/mol. The minimum Gasteiger partial charge on any atom is -0.493 e. The average molecular weight is 504 g/mol. The highest BCUT2D eigenvalue weighted by atomic mass is 19.4. The molecular formula is C30H24F3NO3. The molecule has 0 unspecified atom stereocenters. The molecule has 1 heterocycles. The van der Waals surface area contributed by atoms with E-state index in [9.17, 15) is 23.1 Å². The number of hydrogen-bond acceptors (Lipinski definition) is 2. The first kappa shape index (κ1) is 24.4. The first-order chi connectivity index (χ1) is 17.8. The van der Waals surface area contributed by atoms with Gasteiger partial charge in [-0.15, -0.1) is 0 Å². The number of alkyl halides is 3. The van der Waals surface area contributed by atoms with Crippen LogP contribution in [0, 0.1) is 6.92 Å². The summed E-state index contributed by atoms with van der Waals surface area (Å²) in [6.45, 7) is 2.09. The number of aryl methyl sites for hydroxylation is 2. The molecule has 0 aliphatic rings. The van der Waals surface area contributed by atoms with Gasteiger partial charge >= 0.3 is 12.1 Å². The lowest BCUT2D eigenvalue weighted by atomic mass is 9.94. The van der Waals surface area contributed by atoms with Crippen molar-refractivity contribution in [1.29, 1.82) is 0 Å². The van der Waals surface area contributed by atoms with E-state index in [1.165, 1.54) is 6.07 Å². The number of aromatic amines is 1. The Balaban J connectivity index is 1.53. The van der Waals surface area contributed by atoms with Gasteiger partial charge in [-0.2, -0.15) is 13.2 Å². The molecule has 0 aliphatic carbocycles. The van der Waals surface area contributed by atoms with Crippen molar-refractivity contribution in [2.75, 3.05) is 6.61 Å². The summed E-state index contributed by atoms with van der Waals surface area (Å²) in [6.07, 6.45) is -4.20. The van der Waals surface area contributed by atoms with Gasteiger partial charge in [0.15, 0.2) is 0 Å². The van der Waals surface area contributed by atoms with Gasteiger partial charge in [-0.25, -0.2) is 4.79 Å². The molecular weight excluding hydrogens is 479 g/mol. The Labute approximate surface area is 211 Å².